The van der Waals surface area contributed by atoms with E-state index in [2.05, 4.69) is 6.92 Å². The van der Waals surface area contributed by atoms with E-state index in [1.54, 1.807) is 6.08 Å². The molecular weight excluding hydrogens is 312 g/mol. The molecule has 25 heavy (non-hydrogen) atoms. The lowest BCUT2D eigenvalue weighted by atomic mass is 9.91. The summed E-state index contributed by atoms with van der Waals surface area (Å²) >= 11 is 0. The maximum atomic E-state index is 11.7. The Morgan fingerprint density at radius 1 is 1.16 bits per heavy atom. The Hall–Kier alpha value is -2.13. The van der Waals surface area contributed by atoms with Crippen LogP contribution < -0.4 is 0 Å². The van der Waals surface area contributed by atoms with E-state index in [0.29, 0.717) is 13.0 Å². The van der Waals surface area contributed by atoms with Crippen LogP contribution in [0.25, 0.3) is 6.08 Å². The van der Waals surface area contributed by atoms with Crippen LogP contribution in [0.15, 0.2) is 60.2 Å². The summed E-state index contributed by atoms with van der Waals surface area (Å²) in [5, 5.41) is 9.60. The van der Waals surface area contributed by atoms with E-state index in [-0.39, 0.29) is 0 Å². The fraction of sp³-hybridized carbons (Fsp3) is 0.409. The summed E-state index contributed by atoms with van der Waals surface area (Å²) in [7, 11) is 0. The smallest absolute Gasteiger partial charge is 0.340 e. The van der Waals surface area contributed by atoms with Gasteiger partial charge in [0.1, 0.15) is 0 Å². The second-order valence-corrected chi connectivity index (χ2v) is 6.44. The van der Waals surface area contributed by atoms with Crippen molar-refractivity contribution in [2.45, 2.75) is 51.0 Å². The van der Waals surface area contributed by atoms with Gasteiger partial charge in [0.2, 0.25) is 0 Å². The molecule has 0 radical (unpaired) electrons. The summed E-state index contributed by atoms with van der Waals surface area (Å²) in [5.41, 5.74) is 0.914. The van der Waals surface area contributed by atoms with Crippen LogP contribution in [0.5, 0.6) is 0 Å². The monoisotopic (exact) mass is 340 g/mol. The van der Waals surface area contributed by atoms with Crippen molar-refractivity contribution in [1.29, 1.82) is 0 Å². The Morgan fingerprint density at radius 3 is 2.56 bits per heavy atom. The first kappa shape index (κ1) is 19.2. The molecule has 0 saturated heterocycles. The van der Waals surface area contributed by atoms with Gasteiger partial charge in [-0.2, -0.15) is 0 Å². The summed E-state index contributed by atoms with van der Waals surface area (Å²) in [6.07, 6.45) is 15.5. The number of unbranched alkanes of at least 4 members (excludes halogenated alkanes) is 4. The van der Waals surface area contributed by atoms with Crippen molar-refractivity contribution < 1.29 is 14.6 Å². The number of aliphatic carboxylic acids is 1. The molecule has 0 spiro atoms. The molecule has 1 aromatic carbocycles. The lowest BCUT2D eigenvalue weighted by molar-refractivity contribution is -0.159. The zero-order valence-electron chi connectivity index (χ0n) is 15.0. The molecule has 3 nitrogen and oxygen atoms in total. The highest BCUT2D eigenvalue weighted by atomic mass is 16.5. The predicted molar refractivity (Wildman–Crippen MR) is 102 cm³/mol. The Morgan fingerprint density at radius 2 is 1.92 bits per heavy atom. The van der Waals surface area contributed by atoms with Crippen molar-refractivity contribution in [2.24, 2.45) is 0 Å². The molecule has 0 bridgehead atoms. The Kier molecular flexibility index (Phi) is 7.68. The zero-order chi connectivity index (χ0) is 18.0. The van der Waals surface area contributed by atoms with Crippen LogP contribution in [-0.4, -0.2) is 23.3 Å². The fourth-order valence-corrected chi connectivity index (χ4v) is 2.80. The van der Waals surface area contributed by atoms with Crippen LogP contribution in [-0.2, 0) is 9.53 Å². The van der Waals surface area contributed by atoms with Crippen molar-refractivity contribution in [1.82, 2.24) is 0 Å². The van der Waals surface area contributed by atoms with Gasteiger partial charge in [0.05, 0.1) is 0 Å². The highest BCUT2D eigenvalue weighted by molar-refractivity contribution is 5.81. The van der Waals surface area contributed by atoms with Crippen LogP contribution in [0.1, 0.15) is 51.0 Å². The van der Waals surface area contributed by atoms with Gasteiger partial charge < -0.3 is 9.84 Å². The van der Waals surface area contributed by atoms with Crippen LogP contribution in [0.3, 0.4) is 0 Å². The van der Waals surface area contributed by atoms with Crippen LogP contribution in [0.2, 0.25) is 0 Å². The number of hydrogen-bond donors (Lipinski definition) is 1. The molecule has 0 heterocycles. The third kappa shape index (κ3) is 6.02. The van der Waals surface area contributed by atoms with Crippen molar-refractivity contribution >= 4 is 12.0 Å². The first-order valence-corrected chi connectivity index (χ1v) is 9.16. The average Bonchev–Trinajstić information content (AvgIpc) is 2.64. The molecule has 1 N–H and O–H groups in total. The van der Waals surface area contributed by atoms with Crippen LogP contribution >= 0.6 is 0 Å². The quantitative estimate of drug-likeness (QED) is 0.580. The van der Waals surface area contributed by atoms with E-state index < -0.39 is 11.6 Å². The molecule has 2 rings (SSSR count). The molecule has 1 aliphatic carbocycles. The van der Waals surface area contributed by atoms with Gasteiger partial charge in [0, 0.05) is 13.0 Å². The first-order chi connectivity index (χ1) is 12.2. The third-order valence-corrected chi connectivity index (χ3v) is 4.42. The average molecular weight is 340 g/mol. The molecule has 0 aliphatic heterocycles. The molecule has 0 saturated carbocycles. The van der Waals surface area contributed by atoms with Gasteiger partial charge in [-0.1, -0.05) is 87.2 Å². The molecule has 0 fully saturated rings. The molecule has 0 amide bonds. The summed E-state index contributed by atoms with van der Waals surface area (Å²) in [4.78, 5) is 11.7. The van der Waals surface area contributed by atoms with Crippen molar-refractivity contribution in [3.05, 3.63) is 65.8 Å². The number of carboxylic acids is 1. The van der Waals surface area contributed by atoms with Gasteiger partial charge in [0.15, 0.2) is 5.60 Å². The fourth-order valence-electron chi connectivity index (χ4n) is 2.80. The standard InChI is InChI=1S/C22H28O3/c1-2-3-4-5-9-18-25-22(21(23)24)16-14-20(15-17-22)13-12-19-10-7-6-8-11-19/h6-8,10-16H,2-5,9,17-18H2,1H3,(H,23,24). The molecule has 1 unspecified atom stereocenters. The minimum absolute atomic E-state index is 0.363. The maximum absolute atomic E-state index is 11.7. The van der Waals surface area contributed by atoms with Crippen LogP contribution in [0, 0.1) is 0 Å². The van der Waals surface area contributed by atoms with Gasteiger partial charge in [-0.3, -0.25) is 0 Å². The summed E-state index contributed by atoms with van der Waals surface area (Å²) in [5.74, 6) is -0.917. The van der Waals surface area contributed by atoms with E-state index in [0.717, 1.165) is 24.0 Å². The molecule has 134 valence electrons. The van der Waals surface area contributed by atoms with Crippen molar-refractivity contribution in [2.75, 3.05) is 6.61 Å². The van der Waals surface area contributed by atoms with Gasteiger partial charge >= 0.3 is 5.97 Å². The molecular formula is C22H28O3. The summed E-state index contributed by atoms with van der Waals surface area (Å²) in [6, 6.07) is 10.0. The van der Waals surface area contributed by atoms with E-state index in [1.165, 1.54) is 19.3 Å². The van der Waals surface area contributed by atoms with Gasteiger partial charge in [-0.15, -0.1) is 0 Å². The normalized spacial score (nSPS) is 20.0. The predicted octanol–water partition coefficient (Wildman–Crippen LogP) is 5.40. The largest absolute Gasteiger partial charge is 0.479 e. The summed E-state index contributed by atoms with van der Waals surface area (Å²) < 4.78 is 5.77. The van der Waals surface area contributed by atoms with Gasteiger partial charge in [-0.05, 0) is 23.6 Å². The van der Waals surface area contributed by atoms with Gasteiger partial charge in [-0.25, -0.2) is 4.79 Å². The van der Waals surface area contributed by atoms with E-state index in [1.807, 2.05) is 54.6 Å². The second-order valence-electron chi connectivity index (χ2n) is 6.44. The van der Waals surface area contributed by atoms with Crippen molar-refractivity contribution in [3.63, 3.8) is 0 Å². The Labute approximate surface area is 150 Å². The molecule has 3 heteroatoms. The summed E-state index contributed by atoms with van der Waals surface area (Å²) in [6.45, 7) is 2.67. The molecule has 1 atom stereocenters. The van der Waals surface area contributed by atoms with Gasteiger partial charge in [0.25, 0.3) is 0 Å². The zero-order valence-corrected chi connectivity index (χ0v) is 15.0. The number of benzene rings is 1. The van der Waals surface area contributed by atoms with E-state index in [4.69, 9.17) is 4.74 Å². The van der Waals surface area contributed by atoms with E-state index in [9.17, 15) is 9.90 Å². The minimum atomic E-state index is -1.21. The number of ether oxygens (including phenoxy) is 1. The topological polar surface area (TPSA) is 46.5 Å². The molecule has 0 aromatic heterocycles. The number of hydrogen-bond acceptors (Lipinski definition) is 2. The second kappa shape index (κ2) is 10.00. The maximum Gasteiger partial charge on any atom is 0.340 e. The lowest BCUT2D eigenvalue weighted by Gasteiger charge is -2.28. The first-order valence-electron chi connectivity index (χ1n) is 9.16. The highest BCUT2D eigenvalue weighted by Crippen LogP contribution is 2.27. The highest BCUT2D eigenvalue weighted by Gasteiger charge is 2.37. The molecule has 1 aromatic rings. The number of allylic oxidation sites excluding steroid dienone is 3. The molecule has 1 aliphatic rings. The minimum Gasteiger partial charge on any atom is -0.479 e. The number of rotatable bonds is 10. The Bertz CT molecular complexity index is 628. The third-order valence-electron chi connectivity index (χ3n) is 4.42. The number of carbonyl (C=O) groups is 1. The van der Waals surface area contributed by atoms with Crippen molar-refractivity contribution in [3.8, 4) is 0 Å². The number of carboxylic acid groups (broad SMARTS) is 1. The van der Waals surface area contributed by atoms with E-state index >= 15 is 0 Å². The lowest BCUT2D eigenvalue weighted by Crippen LogP contribution is -2.40. The SMILES string of the molecule is CCCCCCCOC1(C(=O)O)C=CC(C=Cc2ccccc2)=CC1. The Balaban J connectivity index is 1.88. The van der Waals surface area contributed by atoms with Crippen LogP contribution in [0.4, 0.5) is 0 Å².